The SMILES string of the molecule is O=C(O)C1CCNCC(C(=O)O)N1. The first-order valence-electron chi connectivity index (χ1n) is 4.03. The van der Waals surface area contributed by atoms with Gasteiger partial charge in [0.15, 0.2) is 0 Å². The van der Waals surface area contributed by atoms with Gasteiger partial charge in [-0.15, -0.1) is 0 Å². The first-order chi connectivity index (χ1) is 6.11. The zero-order valence-corrected chi connectivity index (χ0v) is 6.99. The van der Waals surface area contributed by atoms with Crippen molar-refractivity contribution < 1.29 is 19.8 Å². The van der Waals surface area contributed by atoms with E-state index in [0.717, 1.165) is 0 Å². The number of hydrogen-bond acceptors (Lipinski definition) is 4. The van der Waals surface area contributed by atoms with Crippen LogP contribution in [0.25, 0.3) is 0 Å². The van der Waals surface area contributed by atoms with Crippen LogP contribution in [0.3, 0.4) is 0 Å². The molecule has 1 fully saturated rings. The van der Waals surface area contributed by atoms with Crippen molar-refractivity contribution in [3.05, 3.63) is 0 Å². The van der Waals surface area contributed by atoms with Gasteiger partial charge < -0.3 is 15.5 Å². The van der Waals surface area contributed by atoms with Crippen molar-refractivity contribution in [3.8, 4) is 0 Å². The quantitative estimate of drug-likeness (QED) is 0.420. The maximum absolute atomic E-state index is 10.6. The van der Waals surface area contributed by atoms with Gasteiger partial charge in [0.2, 0.25) is 0 Å². The molecule has 74 valence electrons. The molecular weight excluding hydrogens is 176 g/mol. The minimum atomic E-state index is -1.03. The van der Waals surface area contributed by atoms with Crippen LogP contribution in [0.5, 0.6) is 0 Å². The van der Waals surface area contributed by atoms with Crippen molar-refractivity contribution in [1.82, 2.24) is 10.6 Å². The number of carboxylic acids is 2. The fraction of sp³-hybridized carbons (Fsp3) is 0.714. The van der Waals surface area contributed by atoms with Gasteiger partial charge in [-0.2, -0.15) is 0 Å². The van der Waals surface area contributed by atoms with Crippen molar-refractivity contribution in [1.29, 1.82) is 0 Å². The van der Waals surface area contributed by atoms with Crippen molar-refractivity contribution in [2.24, 2.45) is 0 Å². The molecule has 13 heavy (non-hydrogen) atoms. The molecule has 0 aromatic rings. The predicted octanol–water partition coefficient (Wildman–Crippen LogP) is -1.52. The van der Waals surface area contributed by atoms with E-state index in [-0.39, 0.29) is 6.54 Å². The van der Waals surface area contributed by atoms with Gasteiger partial charge in [-0.25, -0.2) is 0 Å². The Kier molecular flexibility index (Phi) is 3.21. The van der Waals surface area contributed by atoms with Gasteiger partial charge in [0.1, 0.15) is 12.1 Å². The second-order valence-electron chi connectivity index (χ2n) is 2.94. The predicted molar refractivity (Wildman–Crippen MR) is 43.5 cm³/mol. The molecule has 6 heteroatoms. The Morgan fingerprint density at radius 1 is 1.15 bits per heavy atom. The lowest BCUT2D eigenvalue weighted by Gasteiger charge is -2.14. The lowest BCUT2D eigenvalue weighted by atomic mass is 10.2. The highest BCUT2D eigenvalue weighted by Crippen LogP contribution is 1.98. The Labute approximate surface area is 74.9 Å². The number of aliphatic carboxylic acids is 2. The van der Waals surface area contributed by atoms with E-state index >= 15 is 0 Å². The van der Waals surface area contributed by atoms with E-state index in [4.69, 9.17) is 10.2 Å². The molecule has 2 unspecified atom stereocenters. The maximum atomic E-state index is 10.6. The number of rotatable bonds is 2. The molecule has 0 aliphatic carbocycles. The summed E-state index contributed by atoms with van der Waals surface area (Å²) >= 11 is 0. The molecule has 0 aromatic carbocycles. The van der Waals surface area contributed by atoms with E-state index in [1.807, 2.05) is 0 Å². The van der Waals surface area contributed by atoms with Crippen molar-refractivity contribution in [2.45, 2.75) is 18.5 Å². The second kappa shape index (κ2) is 4.20. The van der Waals surface area contributed by atoms with E-state index in [0.29, 0.717) is 13.0 Å². The molecule has 1 aliphatic heterocycles. The smallest absolute Gasteiger partial charge is 0.322 e. The Morgan fingerprint density at radius 2 is 1.77 bits per heavy atom. The summed E-state index contributed by atoms with van der Waals surface area (Å²) in [4.78, 5) is 21.2. The fourth-order valence-corrected chi connectivity index (χ4v) is 1.23. The van der Waals surface area contributed by atoms with E-state index < -0.39 is 24.0 Å². The van der Waals surface area contributed by atoms with Gasteiger partial charge in [0, 0.05) is 6.54 Å². The van der Waals surface area contributed by atoms with Crippen LogP contribution in [0.1, 0.15) is 6.42 Å². The Morgan fingerprint density at radius 3 is 2.31 bits per heavy atom. The van der Waals surface area contributed by atoms with E-state index in [1.54, 1.807) is 0 Å². The average Bonchev–Trinajstić information content (AvgIpc) is 2.28. The highest BCUT2D eigenvalue weighted by atomic mass is 16.4. The Hall–Kier alpha value is -1.14. The third-order valence-electron chi connectivity index (χ3n) is 1.96. The molecule has 1 saturated heterocycles. The van der Waals surface area contributed by atoms with Gasteiger partial charge in [0.05, 0.1) is 0 Å². The lowest BCUT2D eigenvalue weighted by molar-refractivity contribution is -0.142. The lowest BCUT2D eigenvalue weighted by Crippen LogP contribution is -2.48. The van der Waals surface area contributed by atoms with Gasteiger partial charge in [-0.1, -0.05) is 0 Å². The van der Waals surface area contributed by atoms with Crippen LogP contribution in [-0.2, 0) is 9.59 Å². The molecule has 0 aromatic heterocycles. The zero-order chi connectivity index (χ0) is 9.84. The van der Waals surface area contributed by atoms with Gasteiger partial charge in [0.25, 0.3) is 0 Å². The third kappa shape index (κ3) is 2.67. The highest BCUT2D eigenvalue weighted by Gasteiger charge is 2.27. The second-order valence-corrected chi connectivity index (χ2v) is 2.94. The highest BCUT2D eigenvalue weighted by molar-refractivity contribution is 5.77. The number of hydrogen-bond donors (Lipinski definition) is 4. The molecule has 1 rings (SSSR count). The Balaban J connectivity index is 2.59. The topological polar surface area (TPSA) is 98.7 Å². The van der Waals surface area contributed by atoms with Gasteiger partial charge >= 0.3 is 11.9 Å². The van der Waals surface area contributed by atoms with Crippen LogP contribution in [0, 0.1) is 0 Å². The minimum absolute atomic E-state index is 0.263. The molecule has 0 amide bonds. The summed E-state index contributed by atoms with van der Waals surface area (Å²) in [6.07, 6.45) is 0.402. The minimum Gasteiger partial charge on any atom is -0.480 e. The zero-order valence-electron chi connectivity index (χ0n) is 6.99. The molecule has 0 bridgehead atoms. The molecular formula is C7H12N2O4. The Bertz CT molecular complexity index is 197. The summed E-state index contributed by atoms with van der Waals surface area (Å²) in [6.45, 7) is 0.785. The molecule has 0 radical (unpaired) electrons. The van der Waals surface area contributed by atoms with Crippen LogP contribution in [0.15, 0.2) is 0 Å². The largest absolute Gasteiger partial charge is 0.480 e. The molecule has 4 N–H and O–H groups in total. The van der Waals surface area contributed by atoms with Crippen molar-refractivity contribution in [3.63, 3.8) is 0 Å². The first-order valence-corrected chi connectivity index (χ1v) is 4.03. The van der Waals surface area contributed by atoms with E-state index in [9.17, 15) is 9.59 Å². The molecule has 1 aliphatic rings. The van der Waals surface area contributed by atoms with Crippen LogP contribution in [-0.4, -0.2) is 47.3 Å². The summed E-state index contributed by atoms with van der Waals surface area (Å²) < 4.78 is 0. The third-order valence-corrected chi connectivity index (χ3v) is 1.96. The van der Waals surface area contributed by atoms with Crippen LogP contribution >= 0.6 is 0 Å². The van der Waals surface area contributed by atoms with Crippen molar-refractivity contribution >= 4 is 11.9 Å². The standard InChI is InChI=1S/C7H12N2O4/c10-6(11)4-1-2-8-3-5(9-4)7(12)13/h4-5,8-9H,1-3H2,(H,10,11)(H,12,13). The van der Waals surface area contributed by atoms with Gasteiger partial charge in [-0.3, -0.25) is 14.9 Å². The van der Waals surface area contributed by atoms with Gasteiger partial charge in [-0.05, 0) is 13.0 Å². The summed E-state index contributed by atoms with van der Waals surface area (Å²) in [5, 5.41) is 22.8. The normalized spacial score (nSPS) is 29.2. The molecule has 1 heterocycles. The molecule has 2 atom stereocenters. The average molecular weight is 188 g/mol. The summed E-state index contributed by atoms with van der Waals surface area (Å²) in [6, 6.07) is -1.58. The fourth-order valence-electron chi connectivity index (χ4n) is 1.23. The van der Waals surface area contributed by atoms with Crippen molar-refractivity contribution in [2.75, 3.05) is 13.1 Å². The van der Waals surface area contributed by atoms with Crippen LogP contribution in [0.4, 0.5) is 0 Å². The van der Waals surface area contributed by atoms with E-state index in [2.05, 4.69) is 10.6 Å². The number of carbonyl (C=O) groups is 2. The van der Waals surface area contributed by atoms with E-state index in [1.165, 1.54) is 0 Å². The van der Waals surface area contributed by atoms with Crippen LogP contribution < -0.4 is 10.6 Å². The van der Waals surface area contributed by atoms with Crippen LogP contribution in [0.2, 0.25) is 0 Å². The first kappa shape index (κ1) is 9.94. The molecule has 0 saturated carbocycles. The summed E-state index contributed by atoms with van der Waals surface area (Å²) in [5.41, 5.74) is 0. The molecule has 6 nitrogen and oxygen atoms in total. The maximum Gasteiger partial charge on any atom is 0.322 e. The summed E-state index contributed by atoms with van der Waals surface area (Å²) in [7, 11) is 0. The number of nitrogens with one attached hydrogen (secondary N) is 2. The summed E-state index contributed by atoms with van der Waals surface area (Å²) in [5.74, 6) is -2.03. The number of carboxylic acid groups (broad SMARTS) is 2. The molecule has 0 spiro atoms. The monoisotopic (exact) mass is 188 g/mol.